The number of benzene rings is 2. The fourth-order valence-corrected chi connectivity index (χ4v) is 2.92. The van der Waals surface area contributed by atoms with Crippen LogP contribution in [0, 0.1) is 11.3 Å². The number of nitrogens with zero attached hydrogens (tertiary/aromatic N) is 1. The Balaban J connectivity index is 1.90. The van der Waals surface area contributed by atoms with E-state index in [4.69, 9.17) is 9.47 Å². The van der Waals surface area contributed by atoms with Gasteiger partial charge in [-0.25, -0.2) is 0 Å². The lowest BCUT2D eigenvalue weighted by Gasteiger charge is -2.18. The Hall–Kier alpha value is -2.45. The SMILES string of the molecule is N#Cc1cc(C=O)ccc1Sc1ccc2c(c1)OCCO2. The molecule has 0 aliphatic carbocycles. The lowest BCUT2D eigenvalue weighted by Crippen LogP contribution is -2.15. The zero-order valence-corrected chi connectivity index (χ0v) is 11.9. The molecule has 0 saturated heterocycles. The van der Waals surface area contributed by atoms with Crippen molar-refractivity contribution in [3.8, 4) is 17.6 Å². The van der Waals surface area contributed by atoms with Gasteiger partial charge in [-0.2, -0.15) is 5.26 Å². The van der Waals surface area contributed by atoms with E-state index >= 15 is 0 Å². The van der Waals surface area contributed by atoms with E-state index in [2.05, 4.69) is 6.07 Å². The molecule has 1 heterocycles. The number of carbonyl (C=O) groups is 1. The molecule has 5 heteroatoms. The maximum Gasteiger partial charge on any atom is 0.162 e. The van der Waals surface area contributed by atoms with E-state index in [9.17, 15) is 10.1 Å². The van der Waals surface area contributed by atoms with Crippen LogP contribution >= 0.6 is 11.8 Å². The largest absolute Gasteiger partial charge is 0.486 e. The number of aldehydes is 1. The van der Waals surface area contributed by atoms with Crippen LogP contribution in [0.25, 0.3) is 0 Å². The molecule has 0 bridgehead atoms. The maximum atomic E-state index is 10.8. The summed E-state index contributed by atoms with van der Waals surface area (Å²) < 4.78 is 11.0. The van der Waals surface area contributed by atoms with Gasteiger partial charge in [0.1, 0.15) is 25.6 Å². The Kier molecular flexibility index (Phi) is 3.80. The molecule has 2 aromatic rings. The summed E-state index contributed by atoms with van der Waals surface area (Å²) in [6.07, 6.45) is 0.735. The summed E-state index contributed by atoms with van der Waals surface area (Å²) in [5.41, 5.74) is 0.984. The van der Waals surface area contributed by atoms with Gasteiger partial charge in [0.2, 0.25) is 0 Å². The van der Waals surface area contributed by atoms with Gasteiger partial charge in [-0.3, -0.25) is 4.79 Å². The Morgan fingerprint density at radius 2 is 1.90 bits per heavy atom. The van der Waals surface area contributed by atoms with Crippen molar-refractivity contribution in [2.45, 2.75) is 9.79 Å². The lowest BCUT2D eigenvalue weighted by atomic mass is 10.1. The molecule has 4 nitrogen and oxygen atoms in total. The molecule has 0 unspecified atom stereocenters. The van der Waals surface area contributed by atoms with Gasteiger partial charge in [0, 0.05) is 15.4 Å². The molecule has 0 spiro atoms. The van der Waals surface area contributed by atoms with Crippen molar-refractivity contribution in [3.63, 3.8) is 0 Å². The second-order valence-corrected chi connectivity index (χ2v) is 5.51. The average molecular weight is 297 g/mol. The van der Waals surface area contributed by atoms with Crippen LogP contribution in [0.2, 0.25) is 0 Å². The zero-order chi connectivity index (χ0) is 14.7. The van der Waals surface area contributed by atoms with Crippen LogP contribution in [0.15, 0.2) is 46.2 Å². The summed E-state index contributed by atoms with van der Waals surface area (Å²) in [4.78, 5) is 12.5. The van der Waals surface area contributed by atoms with Crippen LogP contribution in [-0.4, -0.2) is 19.5 Å². The van der Waals surface area contributed by atoms with E-state index in [1.807, 2.05) is 18.2 Å². The monoisotopic (exact) mass is 297 g/mol. The Labute approximate surface area is 126 Å². The highest BCUT2D eigenvalue weighted by Gasteiger charge is 2.13. The molecule has 0 N–H and O–H groups in total. The first-order valence-corrected chi connectivity index (χ1v) is 7.18. The van der Waals surface area contributed by atoms with Gasteiger partial charge in [-0.15, -0.1) is 0 Å². The molecule has 0 saturated carbocycles. The third-order valence-corrected chi connectivity index (χ3v) is 4.07. The highest BCUT2D eigenvalue weighted by Crippen LogP contribution is 2.37. The molecule has 0 atom stereocenters. The average Bonchev–Trinajstić information content (AvgIpc) is 2.55. The van der Waals surface area contributed by atoms with Gasteiger partial charge >= 0.3 is 0 Å². The van der Waals surface area contributed by atoms with Crippen LogP contribution < -0.4 is 9.47 Å². The first-order valence-electron chi connectivity index (χ1n) is 6.37. The second-order valence-electron chi connectivity index (χ2n) is 4.39. The van der Waals surface area contributed by atoms with Crippen molar-refractivity contribution >= 4 is 18.0 Å². The second kappa shape index (κ2) is 5.90. The fourth-order valence-electron chi connectivity index (χ4n) is 2.01. The molecule has 1 aliphatic heterocycles. The number of ether oxygens (including phenoxy) is 2. The Bertz CT molecular complexity index is 737. The van der Waals surface area contributed by atoms with Crippen molar-refractivity contribution in [1.29, 1.82) is 5.26 Å². The molecule has 0 amide bonds. The van der Waals surface area contributed by atoms with Crippen molar-refractivity contribution in [3.05, 3.63) is 47.5 Å². The molecular weight excluding hydrogens is 286 g/mol. The number of nitriles is 1. The molecule has 0 radical (unpaired) electrons. The van der Waals surface area contributed by atoms with Crippen molar-refractivity contribution in [2.24, 2.45) is 0 Å². The van der Waals surface area contributed by atoms with Gasteiger partial charge in [-0.05, 0) is 30.3 Å². The molecule has 104 valence electrons. The van der Waals surface area contributed by atoms with E-state index < -0.39 is 0 Å². The standard InChI is InChI=1S/C16H11NO3S/c17-9-12-7-11(10-18)1-4-16(12)21-13-2-3-14-15(8-13)20-6-5-19-14/h1-4,7-8,10H,5-6H2. The third-order valence-electron chi connectivity index (χ3n) is 3.00. The lowest BCUT2D eigenvalue weighted by molar-refractivity contribution is 0.112. The number of hydrogen-bond acceptors (Lipinski definition) is 5. The zero-order valence-electron chi connectivity index (χ0n) is 11.0. The van der Waals surface area contributed by atoms with Crippen LogP contribution in [0.1, 0.15) is 15.9 Å². The Morgan fingerprint density at radius 3 is 2.67 bits per heavy atom. The molecule has 21 heavy (non-hydrogen) atoms. The number of fused-ring (bicyclic) bond motifs is 1. The summed E-state index contributed by atoms with van der Waals surface area (Å²) in [5.74, 6) is 1.46. The number of carbonyl (C=O) groups excluding carboxylic acids is 1. The minimum Gasteiger partial charge on any atom is -0.486 e. The van der Waals surface area contributed by atoms with Gasteiger partial charge in [0.25, 0.3) is 0 Å². The van der Waals surface area contributed by atoms with Gasteiger partial charge < -0.3 is 9.47 Å². The van der Waals surface area contributed by atoms with Crippen LogP contribution in [0.4, 0.5) is 0 Å². The normalized spacial score (nSPS) is 12.5. The topological polar surface area (TPSA) is 59.3 Å². The smallest absolute Gasteiger partial charge is 0.162 e. The van der Waals surface area contributed by atoms with Gasteiger partial charge in [0.15, 0.2) is 11.5 Å². The molecular formula is C16H11NO3S. The molecule has 2 aromatic carbocycles. The first kappa shape index (κ1) is 13.5. The molecule has 0 aromatic heterocycles. The van der Waals surface area contributed by atoms with Crippen LogP contribution in [-0.2, 0) is 0 Å². The van der Waals surface area contributed by atoms with Crippen molar-refractivity contribution < 1.29 is 14.3 Å². The Morgan fingerprint density at radius 1 is 1.10 bits per heavy atom. The molecule has 3 rings (SSSR count). The predicted octanol–water partition coefficient (Wildman–Crippen LogP) is 3.29. The summed E-state index contributed by atoms with van der Waals surface area (Å²) in [6, 6.07) is 12.9. The van der Waals surface area contributed by atoms with E-state index in [1.165, 1.54) is 11.8 Å². The first-order chi connectivity index (χ1) is 10.3. The summed E-state index contributed by atoms with van der Waals surface area (Å²) in [6.45, 7) is 1.10. The van der Waals surface area contributed by atoms with Gasteiger partial charge in [0.05, 0.1) is 5.56 Å². The van der Waals surface area contributed by atoms with E-state index in [1.54, 1.807) is 18.2 Å². The molecule has 1 aliphatic rings. The van der Waals surface area contributed by atoms with Crippen molar-refractivity contribution in [1.82, 2.24) is 0 Å². The van der Waals surface area contributed by atoms with E-state index in [0.29, 0.717) is 30.1 Å². The third kappa shape index (κ3) is 2.86. The summed E-state index contributed by atoms with van der Waals surface area (Å²) >= 11 is 1.46. The number of hydrogen-bond donors (Lipinski definition) is 0. The molecule has 0 fully saturated rings. The van der Waals surface area contributed by atoms with Crippen LogP contribution in [0.3, 0.4) is 0 Å². The minimum absolute atomic E-state index is 0.486. The van der Waals surface area contributed by atoms with E-state index in [-0.39, 0.29) is 0 Å². The van der Waals surface area contributed by atoms with Crippen molar-refractivity contribution in [2.75, 3.05) is 13.2 Å². The maximum absolute atomic E-state index is 10.8. The number of rotatable bonds is 3. The summed E-state index contributed by atoms with van der Waals surface area (Å²) in [7, 11) is 0. The van der Waals surface area contributed by atoms with E-state index in [0.717, 1.165) is 21.8 Å². The fraction of sp³-hybridized carbons (Fsp3) is 0.125. The predicted molar refractivity (Wildman–Crippen MR) is 78.1 cm³/mol. The quantitative estimate of drug-likeness (QED) is 0.814. The minimum atomic E-state index is 0.486. The highest BCUT2D eigenvalue weighted by molar-refractivity contribution is 7.99. The summed E-state index contributed by atoms with van der Waals surface area (Å²) in [5, 5.41) is 9.18. The van der Waals surface area contributed by atoms with Crippen LogP contribution in [0.5, 0.6) is 11.5 Å². The van der Waals surface area contributed by atoms with Gasteiger partial charge in [-0.1, -0.05) is 17.8 Å². The highest BCUT2D eigenvalue weighted by atomic mass is 32.2.